The Labute approximate surface area is 117 Å². The molecule has 0 radical (unpaired) electrons. The van der Waals surface area contributed by atoms with Gasteiger partial charge in [-0.2, -0.15) is 0 Å². The molecule has 106 valence electrons. The van der Waals surface area contributed by atoms with Crippen molar-refractivity contribution in [3.63, 3.8) is 0 Å². The molecule has 0 spiro atoms. The average Bonchev–Trinajstić information content (AvgIpc) is 2.76. The number of hydrogen-bond acceptors (Lipinski definition) is 6. The molecule has 1 aromatic heterocycles. The molecule has 0 saturated carbocycles. The number of nitro groups is 1. The van der Waals surface area contributed by atoms with Crippen molar-refractivity contribution in [1.82, 2.24) is 14.8 Å². The summed E-state index contributed by atoms with van der Waals surface area (Å²) in [6.07, 6.45) is 0. The minimum atomic E-state index is -0.550. The molecule has 1 aromatic carbocycles. The standard InChI is InChI=1S/C11H11FN4O3S/c1-15-10(5-17)13-14-11(15)20-6-7-4-8(12)2-3-9(7)16(18)19/h2-4,17H,5-6H2,1H3. The highest BCUT2D eigenvalue weighted by Gasteiger charge is 2.16. The molecular weight excluding hydrogens is 287 g/mol. The lowest BCUT2D eigenvalue weighted by atomic mass is 10.2. The number of rotatable bonds is 5. The van der Waals surface area contributed by atoms with Crippen LogP contribution in [0.3, 0.4) is 0 Å². The summed E-state index contributed by atoms with van der Waals surface area (Å²) in [4.78, 5) is 10.3. The molecule has 7 nitrogen and oxygen atoms in total. The zero-order valence-corrected chi connectivity index (χ0v) is 11.3. The fourth-order valence-corrected chi connectivity index (χ4v) is 2.51. The summed E-state index contributed by atoms with van der Waals surface area (Å²) < 4.78 is 14.8. The number of benzene rings is 1. The molecule has 0 unspecified atom stereocenters. The maximum absolute atomic E-state index is 13.2. The Morgan fingerprint density at radius 1 is 1.50 bits per heavy atom. The van der Waals surface area contributed by atoms with Gasteiger partial charge >= 0.3 is 0 Å². The Kier molecular flexibility index (Phi) is 4.30. The van der Waals surface area contributed by atoms with Gasteiger partial charge in [0.15, 0.2) is 11.0 Å². The van der Waals surface area contributed by atoms with Gasteiger partial charge < -0.3 is 9.67 Å². The number of aliphatic hydroxyl groups is 1. The van der Waals surface area contributed by atoms with Gasteiger partial charge in [0.1, 0.15) is 12.4 Å². The molecule has 0 atom stereocenters. The van der Waals surface area contributed by atoms with Gasteiger partial charge in [-0.25, -0.2) is 4.39 Å². The van der Waals surface area contributed by atoms with Crippen LogP contribution in [0.1, 0.15) is 11.4 Å². The van der Waals surface area contributed by atoms with E-state index < -0.39 is 10.7 Å². The first-order valence-electron chi connectivity index (χ1n) is 5.57. The van der Waals surface area contributed by atoms with Gasteiger partial charge in [-0.1, -0.05) is 11.8 Å². The van der Waals surface area contributed by atoms with Crippen LogP contribution in [0.5, 0.6) is 0 Å². The second-order valence-corrected chi connectivity index (χ2v) is 4.88. The van der Waals surface area contributed by atoms with Crippen LogP contribution in [0.25, 0.3) is 0 Å². The summed E-state index contributed by atoms with van der Waals surface area (Å²) in [6, 6.07) is 3.33. The summed E-state index contributed by atoms with van der Waals surface area (Å²) in [5.41, 5.74) is 0.136. The SMILES string of the molecule is Cn1c(CO)nnc1SCc1cc(F)ccc1[N+](=O)[O-]. The quantitative estimate of drug-likeness (QED) is 0.512. The van der Waals surface area contributed by atoms with E-state index in [0.717, 1.165) is 18.2 Å². The molecule has 1 N–H and O–H groups in total. The Morgan fingerprint density at radius 3 is 2.85 bits per heavy atom. The van der Waals surface area contributed by atoms with Gasteiger partial charge in [-0.15, -0.1) is 10.2 Å². The first-order chi connectivity index (χ1) is 9.52. The van der Waals surface area contributed by atoms with Gasteiger partial charge in [-0.05, 0) is 12.1 Å². The predicted octanol–water partition coefficient (Wildman–Crippen LogP) is 1.65. The molecule has 0 aliphatic heterocycles. The van der Waals surface area contributed by atoms with E-state index in [0.29, 0.717) is 11.0 Å². The topological polar surface area (TPSA) is 94.1 Å². The maximum atomic E-state index is 13.2. The van der Waals surface area contributed by atoms with E-state index >= 15 is 0 Å². The van der Waals surface area contributed by atoms with Crippen LogP contribution in [-0.4, -0.2) is 24.8 Å². The van der Waals surface area contributed by atoms with E-state index in [1.165, 1.54) is 11.8 Å². The monoisotopic (exact) mass is 298 g/mol. The number of hydrogen-bond donors (Lipinski definition) is 1. The minimum absolute atomic E-state index is 0.136. The summed E-state index contributed by atoms with van der Waals surface area (Å²) in [7, 11) is 1.67. The van der Waals surface area contributed by atoms with Crippen LogP contribution in [0, 0.1) is 15.9 Å². The van der Waals surface area contributed by atoms with Gasteiger partial charge in [0.2, 0.25) is 0 Å². The average molecular weight is 298 g/mol. The zero-order valence-electron chi connectivity index (χ0n) is 10.5. The van der Waals surface area contributed by atoms with Gasteiger partial charge in [0.05, 0.1) is 4.92 Å². The molecule has 0 fully saturated rings. The van der Waals surface area contributed by atoms with Crippen molar-refractivity contribution < 1.29 is 14.4 Å². The molecule has 2 rings (SSSR count). The zero-order chi connectivity index (χ0) is 14.7. The third-order valence-corrected chi connectivity index (χ3v) is 3.73. The fourth-order valence-electron chi connectivity index (χ4n) is 1.60. The summed E-state index contributed by atoms with van der Waals surface area (Å²) in [6.45, 7) is -0.246. The van der Waals surface area contributed by atoms with Crippen molar-refractivity contribution in [2.24, 2.45) is 7.05 Å². The molecule has 0 aliphatic rings. The lowest BCUT2D eigenvalue weighted by molar-refractivity contribution is -0.385. The second kappa shape index (κ2) is 5.97. The second-order valence-electron chi connectivity index (χ2n) is 3.93. The third-order valence-electron chi connectivity index (χ3n) is 2.66. The van der Waals surface area contributed by atoms with Crippen LogP contribution in [0.15, 0.2) is 23.4 Å². The summed E-state index contributed by atoms with van der Waals surface area (Å²) >= 11 is 1.18. The number of aliphatic hydroxyl groups excluding tert-OH is 1. The maximum Gasteiger partial charge on any atom is 0.273 e. The van der Waals surface area contributed by atoms with E-state index in [9.17, 15) is 14.5 Å². The van der Waals surface area contributed by atoms with Crippen LogP contribution in [0.2, 0.25) is 0 Å². The molecule has 0 bridgehead atoms. The van der Waals surface area contributed by atoms with Crippen LogP contribution < -0.4 is 0 Å². The van der Waals surface area contributed by atoms with Crippen molar-refractivity contribution in [2.45, 2.75) is 17.5 Å². The smallest absolute Gasteiger partial charge is 0.273 e. The van der Waals surface area contributed by atoms with Crippen molar-refractivity contribution in [2.75, 3.05) is 0 Å². The Balaban J connectivity index is 2.20. The van der Waals surface area contributed by atoms with Crippen LogP contribution in [0.4, 0.5) is 10.1 Å². The van der Waals surface area contributed by atoms with E-state index in [-0.39, 0.29) is 23.6 Å². The number of nitro benzene ring substituents is 1. The summed E-state index contributed by atoms with van der Waals surface area (Å²) in [5.74, 6) is 0.0484. The van der Waals surface area contributed by atoms with E-state index in [1.54, 1.807) is 11.6 Å². The molecule has 9 heteroatoms. The van der Waals surface area contributed by atoms with Crippen molar-refractivity contribution >= 4 is 17.4 Å². The van der Waals surface area contributed by atoms with Gasteiger partial charge in [0, 0.05) is 24.4 Å². The van der Waals surface area contributed by atoms with Crippen molar-refractivity contribution in [3.8, 4) is 0 Å². The molecular formula is C11H11FN4O3S. The number of halogens is 1. The first-order valence-corrected chi connectivity index (χ1v) is 6.56. The number of aromatic nitrogens is 3. The lowest BCUT2D eigenvalue weighted by Crippen LogP contribution is -1.99. The first kappa shape index (κ1) is 14.4. The fraction of sp³-hybridized carbons (Fsp3) is 0.273. The summed E-state index contributed by atoms with van der Waals surface area (Å²) in [5, 5.41) is 28.0. The largest absolute Gasteiger partial charge is 0.388 e. The van der Waals surface area contributed by atoms with E-state index in [2.05, 4.69) is 10.2 Å². The Hall–Kier alpha value is -2.00. The lowest BCUT2D eigenvalue weighted by Gasteiger charge is -2.04. The Bertz CT molecular complexity index is 647. The molecule has 20 heavy (non-hydrogen) atoms. The molecule has 0 amide bonds. The molecule has 0 aliphatic carbocycles. The van der Waals surface area contributed by atoms with Crippen LogP contribution in [-0.2, 0) is 19.4 Å². The van der Waals surface area contributed by atoms with Crippen molar-refractivity contribution in [3.05, 3.63) is 45.5 Å². The number of thioether (sulfide) groups is 1. The predicted molar refractivity (Wildman–Crippen MR) is 69.5 cm³/mol. The highest BCUT2D eigenvalue weighted by Crippen LogP contribution is 2.27. The highest BCUT2D eigenvalue weighted by molar-refractivity contribution is 7.98. The number of nitrogens with zero attached hydrogens (tertiary/aromatic N) is 4. The third kappa shape index (κ3) is 2.94. The van der Waals surface area contributed by atoms with Crippen LogP contribution >= 0.6 is 11.8 Å². The molecule has 2 aromatic rings. The molecule has 0 saturated heterocycles. The minimum Gasteiger partial charge on any atom is -0.388 e. The van der Waals surface area contributed by atoms with E-state index in [4.69, 9.17) is 5.11 Å². The van der Waals surface area contributed by atoms with E-state index in [1.807, 2.05) is 0 Å². The Morgan fingerprint density at radius 2 is 2.25 bits per heavy atom. The molecule has 1 heterocycles. The van der Waals surface area contributed by atoms with Crippen molar-refractivity contribution in [1.29, 1.82) is 0 Å². The van der Waals surface area contributed by atoms with Gasteiger partial charge in [-0.3, -0.25) is 10.1 Å². The highest BCUT2D eigenvalue weighted by atomic mass is 32.2. The normalized spacial score (nSPS) is 10.8. The van der Waals surface area contributed by atoms with Gasteiger partial charge in [0.25, 0.3) is 5.69 Å².